The van der Waals surface area contributed by atoms with Crippen LogP contribution in [0.2, 0.25) is 0 Å². The van der Waals surface area contributed by atoms with E-state index < -0.39 is 28.6 Å². The Morgan fingerprint density at radius 3 is 2.56 bits per heavy atom. The molecule has 0 fully saturated rings. The van der Waals surface area contributed by atoms with E-state index in [9.17, 15) is 24.8 Å². The molecule has 1 N–H and O–H groups in total. The van der Waals surface area contributed by atoms with Crippen molar-refractivity contribution in [2.75, 3.05) is 11.4 Å². The number of hydrogen-bond acceptors (Lipinski definition) is 5. The summed E-state index contributed by atoms with van der Waals surface area (Å²) in [5, 5.41) is 21.9. The van der Waals surface area contributed by atoms with Crippen molar-refractivity contribution >= 4 is 39.0 Å². The van der Waals surface area contributed by atoms with Gasteiger partial charge in [0.2, 0.25) is 0 Å². The molecule has 1 atom stereocenters. The van der Waals surface area contributed by atoms with Gasteiger partial charge < -0.3 is 10.0 Å². The lowest BCUT2D eigenvalue weighted by molar-refractivity contribution is -0.384. The zero-order valence-corrected chi connectivity index (χ0v) is 15.7. The minimum Gasteiger partial charge on any atom is -0.375 e. The molecule has 0 unspecified atom stereocenters. The number of halogens is 1. The summed E-state index contributed by atoms with van der Waals surface area (Å²) in [7, 11) is 0. The number of carbonyl (C=O) groups excluding carboxylic acids is 2. The second-order valence-electron chi connectivity index (χ2n) is 6.13. The molecule has 8 heteroatoms. The maximum atomic E-state index is 12.9. The summed E-state index contributed by atoms with van der Waals surface area (Å²) < 4.78 is 0.663. The van der Waals surface area contributed by atoms with Gasteiger partial charge >= 0.3 is 0 Å². The summed E-state index contributed by atoms with van der Waals surface area (Å²) in [6, 6.07) is 10.1. The van der Waals surface area contributed by atoms with Crippen molar-refractivity contribution in [3.63, 3.8) is 0 Å². The molecule has 7 nitrogen and oxygen atoms in total. The first kappa shape index (κ1) is 18.9. The van der Waals surface area contributed by atoms with Crippen LogP contribution in [0.3, 0.4) is 0 Å². The number of ketones is 1. The smallest absolute Gasteiger partial charge is 0.269 e. The monoisotopic (exact) mass is 430 g/mol. The number of nitro groups is 1. The van der Waals surface area contributed by atoms with Gasteiger partial charge in [-0.1, -0.05) is 22.0 Å². The summed E-state index contributed by atoms with van der Waals surface area (Å²) in [5.41, 5.74) is -1.13. The zero-order chi connectivity index (χ0) is 19.8. The van der Waals surface area contributed by atoms with Gasteiger partial charge in [0.05, 0.1) is 17.0 Å². The Kier molecular flexibility index (Phi) is 4.95. The molecule has 0 saturated carbocycles. The van der Waals surface area contributed by atoms with Crippen LogP contribution in [-0.2, 0) is 10.4 Å². The van der Waals surface area contributed by atoms with E-state index >= 15 is 0 Å². The third-order valence-electron chi connectivity index (χ3n) is 4.42. The van der Waals surface area contributed by atoms with Crippen molar-refractivity contribution in [1.82, 2.24) is 0 Å². The summed E-state index contributed by atoms with van der Waals surface area (Å²) >= 11 is 3.32. The Hall–Kier alpha value is -2.84. The molecule has 1 aliphatic rings. The average Bonchev–Trinajstić information content (AvgIpc) is 2.84. The maximum Gasteiger partial charge on any atom is 0.269 e. The Morgan fingerprint density at radius 1 is 1.30 bits per heavy atom. The SMILES string of the molecule is C=CCN1C(=O)[C@@](O)(CC(=O)c2ccc([N+](=O)[O-])cc2)c2cc(Br)ccc21. The highest BCUT2D eigenvalue weighted by Gasteiger charge is 2.50. The van der Waals surface area contributed by atoms with Crippen LogP contribution in [0.4, 0.5) is 11.4 Å². The molecule has 0 bridgehead atoms. The number of nitrogens with zero attached hydrogens (tertiary/aromatic N) is 2. The van der Waals surface area contributed by atoms with E-state index in [0.29, 0.717) is 15.7 Å². The van der Waals surface area contributed by atoms with E-state index in [-0.39, 0.29) is 17.8 Å². The molecule has 0 saturated heterocycles. The molecule has 3 rings (SSSR count). The molecule has 1 amide bonds. The number of anilines is 1. The lowest BCUT2D eigenvalue weighted by atomic mass is 9.88. The normalized spacial score (nSPS) is 18.3. The number of carbonyl (C=O) groups is 2. The van der Waals surface area contributed by atoms with Crippen LogP contribution in [0.25, 0.3) is 0 Å². The van der Waals surface area contributed by atoms with E-state index in [1.807, 2.05) is 0 Å². The third-order valence-corrected chi connectivity index (χ3v) is 4.92. The Bertz CT molecular complexity index is 957. The minimum atomic E-state index is -2.01. The van der Waals surface area contributed by atoms with Crippen molar-refractivity contribution in [3.8, 4) is 0 Å². The molecule has 0 aromatic heterocycles. The molecule has 1 aliphatic heterocycles. The summed E-state index contributed by atoms with van der Waals surface area (Å²) in [6.07, 6.45) is 1.06. The van der Waals surface area contributed by atoms with Crippen molar-refractivity contribution in [3.05, 3.63) is 80.8 Å². The third kappa shape index (κ3) is 3.29. The molecule has 2 aromatic rings. The molecule has 138 valence electrons. The number of non-ortho nitro benzene ring substituents is 1. The molecular formula is C19H15BrN2O5. The van der Waals surface area contributed by atoms with Gasteiger partial charge in [0.25, 0.3) is 11.6 Å². The number of nitro benzene ring substituents is 1. The Morgan fingerprint density at radius 2 is 1.96 bits per heavy atom. The van der Waals surface area contributed by atoms with Crippen LogP contribution in [0, 0.1) is 10.1 Å². The fraction of sp³-hybridized carbons (Fsp3) is 0.158. The van der Waals surface area contributed by atoms with E-state index in [2.05, 4.69) is 22.5 Å². The van der Waals surface area contributed by atoms with Crippen LogP contribution < -0.4 is 4.90 Å². The molecule has 27 heavy (non-hydrogen) atoms. The first-order valence-electron chi connectivity index (χ1n) is 8.01. The lowest BCUT2D eigenvalue weighted by Crippen LogP contribution is -2.41. The van der Waals surface area contributed by atoms with Crippen molar-refractivity contribution in [1.29, 1.82) is 0 Å². The van der Waals surface area contributed by atoms with Crippen LogP contribution in [0.5, 0.6) is 0 Å². The van der Waals surface area contributed by atoms with Crippen molar-refractivity contribution < 1.29 is 19.6 Å². The van der Waals surface area contributed by atoms with Gasteiger partial charge in [0.1, 0.15) is 0 Å². The summed E-state index contributed by atoms with van der Waals surface area (Å²) in [6.45, 7) is 3.82. The fourth-order valence-electron chi connectivity index (χ4n) is 3.11. The first-order chi connectivity index (χ1) is 12.8. The van der Waals surface area contributed by atoms with Crippen LogP contribution >= 0.6 is 15.9 Å². The molecule has 2 aromatic carbocycles. The van der Waals surface area contributed by atoms with Crippen LogP contribution in [0.1, 0.15) is 22.3 Å². The quantitative estimate of drug-likeness (QED) is 0.327. The number of rotatable bonds is 6. The molecule has 1 heterocycles. The highest BCUT2D eigenvalue weighted by atomic mass is 79.9. The number of aliphatic hydroxyl groups is 1. The van der Waals surface area contributed by atoms with E-state index in [1.54, 1.807) is 18.2 Å². The Labute approximate surface area is 163 Å². The van der Waals surface area contributed by atoms with Crippen LogP contribution in [0.15, 0.2) is 59.6 Å². The fourth-order valence-corrected chi connectivity index (χ4v) is 3.47. The first-order valence-corrected chi connectivity index (χ1v) is 8.80. The standard InChI is InChI=1S/C19H15BrN2O5/c1-2-9-21-16-8-5-13(20)10-15(16)19(25,18(21)24)11-17(23)12-3-6-14(7-4-12)22(26)27/h2-8,10,25H,1,9,11H2/t19-/m1/s1. The number of Topliss-reactive ketones (excluding diaryl/α,β-unsaturated/α-hetero) is 1. The highest BCUT2D eigenvalue weighted by molar-refractivity contribution is 9.10. The van der Waals surface area contributed by atoms with Gasteiger partial charge in [0, 0.05) is 34.3 Å². The summed E-state index contributed by atoms with van der Waals surface area (Å²) in [5.74, 6) is -1.10. The topological polar surface area (TPSA) is 101 Å². The number of fused-ring (bicyclic) bond motifs is 1. The summed E-state index contributed by atoms with van der Waals surface area (Å²) in [4.78, 5) is 37.1. The van der Waals surface area contributed by atoms with Gasteiger partial charge in [-0.2, -0.15) is 0 Å². The van der Waals surface area contributed by atoms with Crippen molar-refractivity contribution in [2.45, 2.75) is 12.0 Å². The zero-order valence-electron chi connectivity index (χ0n) is 14.1. The number of amides is 1. The molecule has 0 spiro atoms. The minimum absolute atomic E-state index is 0.145. The number of benzene rings is 2. The van der Waals surface area contributed by atoms with Gasteiger partial charge in [0.15, 0.2) is 11.4 Å². The van der Waals surface area contributed by atoms with E-state index in [4.69, 9.17) is 0 Å². The Balaban J connectivity index is 1.96. The second kappa shape index (κ2) is 7.05. The van der Waals surface area contributed by atoms with E-state index in [0.717, 1.165) is 0 Å². The molecular weight excluding hydrogens is 416 g/mol. The van der Waals surface area contributed by atoms with Gasteiger partial charge in [-0.05, 0) is 30.3 Å². The molecule has 0 radical (unpaired) electrons. The largest absolute Gasteiger partial charge is 0.375 e. The van der Waals surface area contributed by atoms with Gasteiger partial charge in [-0.15, -0.1) is 6.58 Å². The van der Waals surface area contributed by atoms with Gasteiger partial charge in [-0.3, -0.25) is 19.7 Å². The van der Waals surface area contributed by atoms with Crippen molar-refractivity contribution in [2.24, 2.45) is 0 Å². The molecule has 0 aliphatic carbocycles. The second-order valence-corrected chi connectivity index (χ2v) is 7.05. The van der Waals surface area contributed by atoms with E-state index in [1.165, 1.54) is 35.2 Å². The highest BCUT2D eigenvalue weighted by Crippen LogP contribution is 2.44. The predicted octanol–water partition coefficient (Wildman–Crippen LogP) is 3.35. The number of hydrogen-bond donors (Lipinski definition) is 1. The lowest BCUT2D eigenvalue weighted by Gasteiger charge is -2.22. The van der Waals surface area contributed by atoms with Gasteiger partial charge in [-0.25, -0.2) is 0 Å². The average molecular weight is 431 g/mol. The predicted molar refractivity (Wildman–Crippen MR) is 103 cm³/mol. The van der Waals surface area contributed by atoms with Crippen LogP contribution in [-0.4, -0.2) is 28.3 Å². The maximum absolute atomic E-state index is 12.9.